The molecule has 2 heterocycles. The first-order valence-corrected chi connectivity index (χ1v) is 19.0. The van der Waals surface area contributed by atoms with Crippen molar-refractivity contribution in [3.63, 3.8) is 0 Å². The molecule has 0 radical (unpaired) electrons. The van der Waals surface area contributed by atoms with Crippen molar-refractivity contribution in [2.45, 2.75) is 65.0 Å². The summed E-state index contributed by atoms with van der Waals surface area (Å²) in [5.74, 6) is -1.23. The van der Waals surface area contributed by atoms with Crippen LogP contribution in [0.25, 0.3) is 0 Å². The number of amides is 4. The third kappa shape index (κ3) is 9.69. The topological polar surface area (TPSA) is 170 Å². The monoisotopic (exact) mass is 750 g/mol. The summed E-state index contributed by atoms with van der Waals surface area (Å²) in [5, 5.41) is 17.5. The lowest BCUT2D eigenvalue weighted by Crippen LogP contribution is -2.49. The lowest BCUT2D eigenvalue weighted by atomic mass is 9.78. The van der Waals surface area contributed by atoms with Gasteiger partial charge in [0.05, 0.1) is 0 Å². The minimum Gasteiger partial charge on any atom is -0.480 e. The van der Waals surface area contributed by atoms with Crippen LogP contribution in [0.5, 0.6) is 0 Å². The molecule has 4 unspecified atom stereocenters. The number of allylic oxidation sites excluding steroid dienone is 1. The lowest BCUT2D eigenvalue weighted by Gasteiger charge is -2.36. The maximum Gasteiger partial charge on any atom is 0.410 e. The van der Waals surface area contributed by atoms with E-state index in [1.165, 1.54) is 0 Å². The molecule has 6 rings (SSSR count). The van der Waals surface area contributed by atoms with Crippen LogP contribution < -0.4 is 20.9 Å². The van der Waals surface area contributed by atoms with Crippen molar-refractivity contribution < 1.29 is 33.8 Å². The van der Waals surface area contributed by atoms with Gasteiger partial charge in [-0.15, -0.1) is 0 Å². The van der Waals surface area contributed by atoms with Gasteiger partial charge in [-0.1, -0.05) is 32.1 Å². The number of ether oxygens (including phenoxy) is 1. The van der Waals surface area contributed by atoms with Crippen molar-refractivity contribution in [2.75, 3.05) is 42.9 Å². The number of nitrogens with one attached hydrogen (secondary N) is 3. The first kappa shape index (κ1) is 39.0. The first-order chi connectivity index (χ1) is 26.4. The number of nitrogens with zero attached hydrogens (tertiary/aromatic N) is 3. The maximum atomic E-state index is 13.1. The fourth-order valence-electron chi connectivity index (χ4n) is 7.63. The Morgan fingerprint density at radius 3 is 2.44 bits per heavy atom. The SMILES string of the molecule is Cc1cc(NC(=O)C2C(C)C2c2cccnc2)ccc1CNC(=O)c1ccc(N2CCN(C(=O)OC3/C=C/CC[C@@](C)(C(=O)NCC(=O)O)CC3)CC2)cc1. The van der Waals surface area contributed by atoms with Gasteiger partial charge in [-0.05, 0) is 104 Å². The van der Waals surface area contributed by atoms with Crippen LogP contribution in [0.3, 0.4) is 0 Å². The Hall–Kier alpha value is -5.72. The molecule has 2 fully saturated rings. The van der Waals surface area contributed by atoms with Crippen LogP contribution >= 0.6 is 0 Å². The summed E-state index contributed by atoms with van der Waals surface area (Å²) in [6, 6.07) is 17.1. The number of aryl methyl sites for hydroxylation is 1. The summed E-state index contributed by atoms with van der Waals surface area (Å²) in [4.78, 5) is 70.8. The molecule has 1 saturated carbocycles. The zero-order chi connectivity index (χ0) is 39.1. The van der Waals surface area contributed by atoms with Crippen molar-refractivity contribution in [1.82, 2.24) is 20.5 Å². The van der Waals surface area contributed by atoms with Crippen LogP contribution in [-0.4, -0.2) is 83.6 Å². The van der Waals surface area contributed by atoms with Crippen LogP contribution in [0, 0.1) is 24.2 Å². The molecule has 2 aromatic carbocycles. The normalized spacial score (nSPS) is 24.1. The fourth-order valence-corrected chi connectivity index (χ4v) is 7.63. The van der Waals surface area contributed by atoms with E-state index in [2.05, 4.69) is 32.8 Å². The Morgan fingerprint density at radius 2 is 1.75 bits per heavy atom. The van der Waals surface area contributed by atoms with Gasteiger partial charge >= 0.3 is 12.1 Å². The molecule has 4 amide bonds. The molecule has 0 spiro atoms. The van der Waals surface area contributed by atoms with E-state index in [0.29, 0.717) is 64.0 Å². The second-order valence-corrected chi connectivity index (χ2v) is 15.1. The molecular weight excluding hydrogens is 700 g/mol. The number of pyridine rings is 1. The lowest BCUT2D eigenvalue weighted by molar-refractivity contribution is -0.140. The molecule has 55 heavy (non-hydrogen) atoms. The molecule has 5 atom stereocenters. The largest absolute Gasteiger partial charge is 0.480 e. The fraction of sp³-hybridized carbons (Fsp3) is 0.429. The van der Waals surface area contributed by atoms with Crippen molar-refractivity contribution in [3.05, 3.63) is 101 Å². The molecule has 2 aliphatic carbocycles. The van der Waals surface area contributed by atoms with Gasteiger partial charge in [-0.3, -0.25) is 24.2 Å². The number of rotatable bonds is 11. The number of carboxylic acid groups (broad SMARTS) is 1. The van der Waals surface area contributed by atoms with Crippen LogP contribution in [0.15, 0.2) is 79.1 Å². The predicted molar refractivity (Wildman–Crippen MR) is 207 cm³/mol. The third-order valence-corrected chi connectivity index (χ3v) is 11.2. The Bertz CT molecular complexity index is 1910. The Balaban J connectivity index is 0.930. The van der Waals surface area contributed by atoms with E-state index in [1.807, 2.05) is 74.7 Å². The number of carboxylic acids is 1. The van der Waals surface area contributed by atoms with Gasteiger partial charge in [0.2, 0.25) is 11.8 Å². The highest BCUT2D eigenvalue weighted by Gasteiger charge is 2.52. The Morgan fingerprint density at radius 1 is 0.982 bits per heavy atom. The van der Waals surface area contributed by atoms with E-state index in [4.69, 9.17) is 9.84 Å². The van der Waals surface area contributed by atoms with Gasteiger partial charge in [-0.2, -0.15) is 0 Å². The van der Waals surface area contributed by atoms with Crippen molar-refractivity contribution in [1.29, 1.82) is 0 Å². The van der Waals surface area contributed by atoms with Crippen LogP contribution in [-0.2, 0) is 25.7 Å². The molecule has 3 aliphatic rings. The standard InChI is InChI=1S/C42H50N6O7/c1-27-23-32(46-39(52)37-28(2)36(37)31-7-6-18-43-24-31)12-9-30(27)25-44-38(51)29-10-13-33(14-11-29)47-19-21-48(22-20-47)41(54)55-34-8-4-5-16-42(3,17-15-34)40(53)45-26-35(49)50/h4,6-14,18,23-24,28,34,36-37H,5,15-17,19-22,25-26H2,1-3H3,(H,44,51)(H,45,53)(H,46,52)(H,49,50)/b8-4+/t28?,34?,36?,37?,42-/m1/s1. The smallest absolute Gasteiger partial charge is 0.410 e. The maximum absolute atomic E-state index is 13.1. The summed E-state index contributed by atoms with van der Waals surface area (Å²) in [6.45, 7) is 7.94. The number of benzene rings is 2. The zero-order valence-corrected chi connectivity index (χ0v) is 31.6. The molecule has 13 nitrogen and oxygen atoms in total. The van der Waals surface area contributed by atoms with E-state index >= 15 is 0 Å². The number of carbonyl (C=O) groups is 5. The highest BCUT2D eigenvalue weighted by molar-refractivity contribution is 5.96. The highest BCUT2D eigenvalue weighted by Crippen LogP contribution is 2.54. The molecular formula is C42H50N6O7. The van der Waals surface area contributed by atoms with Gasteiger partial charge in [0.15, 0.2) is 0 Å². The number of hydrogen-bond donors (Lipinski definition) is 4. The van der Waals surface area contributed by atoms with E-state index < -0.39 is 30.1 Å². The number of piperazine rings is 1. The van der Waals surface area contributed by atoms with Crippen LogP contribution in [0.1, 0.15) is 72.5 Å². The Kier molecular flexibility index (Phi) is 12.2. The second-order valence-electron chi connectivity index (χ2n) is 15.1. The first-order valence-electron chi connectivity index (χ1n) is 19.0. The number of anilines is 2. The minimum atomic E-state index is -1.09. The second kappa shape index (κ2) is 17.2. The molecule has 3 aromatic rings. The van der Waals surface area contributed by atoms with E-state index in [9.17, 15) is 24.0 Å². The molecule has 1 aliphatic heterocycles. The van der Waals surface area contributed by atoms with Crippen molar-refractivity contribution in [3.8, 4) is 0 Å². The van der Waals surface area contributed by atoms with Crippen LogP contribution in [0.4, 0.5) is 16.2 Å². The molecule has 0 bridgehead atoms. The highest BCUT2D eigenvalue weighted by atomic mass is 16.6. The summed E-state index contributed by atoms with van der Waals surface area (Å²) < 4.78 is 5.83. The van der Waals surface area contributed by atoms with E-state index in [0.717, 1.165) is 28.1 Å². The zero-order valence-electron chi connectivity index (χ0n) is 31.6. The molecule has 4 N–H and O–H groups in total. The van der Waals surface area contributed by atoms with E-state index in [-0.39, 0.29) is 35.5 Å². The summed E-state index contributed by atoms with van der Waals surface area (Å²) >= 11 is 0. The van der Waals surface area contributed by atoms with Gasteiger partial charge < -0.3 is 35.6 Å². The predicted octanol–water partition coefficient (Wildman–Crippen LogP) is 5.27. The van der Waals surface area contributed by atoms with Gasteiger partial charge in [0.25, 0.3) is 5.91 Å². The van der Waals surface area contributed by atoms with Gasteiger partial charge in [0.1, 0.15) is 12.6 Å². The summed E-state index contributed by atoms with van der Waals surface area (Å²) in [7, 11) is 0. The Labute approximate surface area is 321 Å². The molecule has 290 valence electrons. The molecule has 1 saturated heterocycles. The summed E-state index contributed by atoms with van der Waals surface area (Å²) in [6.07, 6.45) is 8.59. The van der Waals surface area contributed by atoms with Crippen molar-refractivity contribution >= 4 is 41.2 Å². The molecule has 13 heteroatoms. The quantitative estimate of drug-likeness (QED) is 0.191. The van der Waals surface area contributed by atoms with E-state index in [1.54, 1.807) is 23.2 Å². The molecule has 1 aromatic heterocycles. The van der Waals surface area contributed by atoms with Crippen LogP contribution in [0.2, 0.25) is 0 Å². The van der Waals surface area contributed by atoms with Crippen molar-refractivity contribution in [2.24, 2.45) is 17.3 Å². The average molecular weight is 751 g/mol. The minimum absolute atomic E-state index is 0.00351. The number of carbonyl (C=O) groups excluding carboxylic acids is 4. The van der Waals surface area contributed by atoms with Gasteiger partial charge in [-0.25, -0.2) is 4.79 Å². The average Bonchev–Trinajstić information content (AvgIpc) is 3.87. The third-order valence-electron chi connectivity index (χ3n) is 11.2. The number of hydrogen-bond acceptors (Lipinski definition) is 8. The summed E-state index contributed by atoms with van der Waals surface area (Å²) in [5.41, 5.74) is 4.48. The van der Waals surface area contributed by atoms with Gasteiger partial charge in [0, 0.05) is 79.3 Å². The number of aliphatic carboxylic acids is 1. The number of aromatic nitrogens is 1.